The van der Waals surface area contributed by atoms with Crippen LogP contribution < -0.4 is 10.1 Å². The predicted octanol–water partition coefficient (Wildman–Crippen LogP) is 2.87. The Hall–Kier alpha value is -3.45. The first-order valence-corrected chi connectivity index (χ1v) is 12.2. The molecule has 3 aromatic heterocycles. The average Bonchev–Trinajstić information content (AvgIpc) is 3.38. The highest BCUT2D eigenvalue weighted by molar-refractivity contribution is 5.89. The summed E-state index contributed by atoms with van der Waals surface area (Å²) in [6.45, 7) is 3.80. The summed E-state index contributed by atoms with van der Waals surface area (Å²) in [5, 5.41) is 15.5. The van der Waals surface area contributed by atoms with E-state index in [9.17, 15) is 8.78 Å². The number of piperidine rings is 1. The van der Waals surface area contributed by atoms with E-state index in [-0.39, 0.29) is 30.0 Å². The van der Waals surface area contributed by atoms with Gasteiger partial charge in [0.15, 0.2) is 5.82 Å². The second-order valence-electron chi connectivity index (χ2n) is 9.59. The van der Waals surface area contributed by atoms with E-state index >= 15 is 4.39 Å². The van der Waals surface area contributed by atoms with Crippen LogP contribution in [0.15, 0.2) is 24.4 Å². The van der Waals surface area contributed by atoms with Gasteiger partial charge in [0, 0.05) is 13.1 Å². The lowest BCUT2D eigenvalue weighted by Gasteiger charge is -2.42. The molecule has 1 N–H and O–H groups in total. The Morgan fingerprint density at radius 3 is 2.84 bits per heavy atom. The molecule has 2 aliphatic heterocycles. The maximum Gasteiger partial charge on any atom is 0.244 e. The summed E-state index contributed by atoms with van der Waals surface area (Å²) in [6, 6.07) is 4.91. The standard InChI is InChI=1S/C24H27F3N8O2/c1-13(25)8-34-20-7-14(3-4-19(20)30-32-34)21-17(27)10-35-22(21)23(36-2)29-24(31-35)28-18-5-6-33(9-16(18)26)15-11-37-12-15/h3-4,7,10,13,15-16,18H,5-6,8-9,11-12H2,1-2H3,(H,28,31)/t13-,16+,18-/m0/s1. The molecule has 0 saturated carbocycles. The van der Waals surface area contributed by atoms with Gasteiger partial charge in [-0.05, 0) is 31.0 Å². The van der Waals surface area contributed by atoms with Crippen molar-refractivity contribution < 1.29 is 22.6 Å². The van der Waals surface area contributed by atoms with Crippen molar-refractivity contribution in [1.82, 2.24) is 34.5 Å². The summed E-state index contributed by atoms with van der Waals surface area (Å²) < 4.78 is 57.4. The molecule has 0 bridgehead atoms. The van der Waals surface area contributed by atoms with Crippen molar-refractivity contribution in [3.63, 3.8) is 0 Å². The number of nitrogens with one attached hydrogen (secondary N) is 1. The minimum absolute atomic E-state index is 0.0311. The van der Waals surface area contributed by atoms with E-state index in [1.165, 1.54) is 29.4 Å². The third-order valence-corrected chi connectivity index (χ3v) is 7.00. The number of anilines is 1. The second kappa shape index (κ2) is 9.45. The van der Waals surface area contributed by atoms with Gasteiger partial charge in [-0.15, -0.1) is 10.2 Å². The molecule has 0 spiro atoms. The summed E-state index contributed by atoms with van der Waals surface area (Å²) >= 11 is 0. The fraction of sp³-hybridized carbons (Fsp3) is 0.500. The number of fused-ring (bicyclic) bond motifs is 2. The van der Waals surface area contributed by atoms with Crippen molar-refractivity contribution in [1.29, 1.82) is 0 Å². The average molecular weight is 517 g/mol. The highest BCUT2D eigenvalue weighted by atomic mass is 19.1. The highest BCUT2D eigenvalue weighted by Crippen LogP contribution is 2.35. The van der Waals surface area contributed by atoms with E-state index in [4.69, 9.17) is 9.47 Å². The maximum atomic E-state index is 15.3. The lowest BCUT2D eigenvalue weighted by atomic mass is 10.0. The monoisotopic (exact) mass is 516 g/mol. The Bertz CT molecular complexity index is 1440. The molecular weight excluding hydrogens is 489 g/mol. The van der Waals surface area contributed by atoms with Gasteiger partial charge >= 0.3 is 0 Å². The minimum Gasteiger partial charge on any atom is -0.479 e. The number of rotatable bonds is 7. The molecule has 1 aromatic carbocycles. The van der Waals surface area contributed by atoms with Crippen molar-refractivity contribution in [3.05, 3.63) is 30.2 Å². The minimum atomic E-state index is -1.12. The predicted molar refractivity (Wildman–Crippen MR) is 130 cm³/mol. The van der Waals surface area contributed by atoms with Crippen molar-refractivity contribution in [2.75, 3.05) is 38.7 Å². The Balaban J connectivity index is 1.32. The zero-order valence-corrected chi connectivity index (χ0v) is 20.4. The summed E-state index contributed by atoms with van der Waals surface area (Å²) in [6.07, 6.45) is -0.432. The van der Waals surface area contributed by atoms with Crippen molar-refractivity contribution in [2.24, 2.45) is 0 Å². The molecule has 2 fully saturated rings. The number of likely N-dealkylation sites (tertiary alicyclic amines) is 1. The van der Waals surface area contributed by atoms with Crippen LogP contribution >= 0.6 is 0 Å². The van der Waals surface area contributed by atoms with Gasteiger partial charge in [-0.25, -0.2) is 22.4 Å². The lowest BCUT2D eigenvalue weighted by Crippen LogP contribution is -2.57. The van der Waals surface area contributed by atoms with E-state index in [2.05, 4.69) is 30.6 Å². The van der Waals surface area contributed by atoms with Crippen LogP contribution in [0.1, 0.15) is 13.3 Å². The van der Waals surface area contributed by atoms with Gasteiger partial charge < -0.3 is 14.8 Å². The number of aromatic nitrogens is 6. The molecule has 0 aliphatic carbocycles. The molecule has 196 valence electrons. The first-order chi connectivity index (χ1) is 17.9. The third-order valence-electron chi connectivity index (χ3n) is 7.00. The Morgan fingerprint density at radius 1 is 1.30 bits per heavy atom. The van der Waals surface area contributed by atoms with Gasteiger partial charge in [-0.1, -0.05) is 11.3 Å². The molecule has 0 radical (unpaired) electrons. The van der Waals surface area contributed by atoms with Gasteiger partial charge in [0.05, 0.1) is 56.2 Å². The molecule has 2 saturated heterocycles. The quantitative estimate of drug-likeness (QED) is 0.401. The summed E-state index contributed by atoms with van der Waals surface area (Å²) in [7, 11) is 1.43. The summed E-state index contributed by atoms with van der Waals surface area (Å²) in [5.74, 6) is -0.255. The molecule has 5 heterocycles. The van der Waals surface area contributed by atoms with E-state index in [1.807, 2.05) is 0 Å². The molecule has 2 aliphatic rings. The number of benzene rings is 1. The molecule has 10 nitrogen and oxygen atoms in total. The molecular formula is C24H27F3N8O2. The maximum absolute atomic E-state index is 15.3. The molecule has 3 atom stereocenters. The first-order valence-electron chi connectivity index (χ1n) is 12.2. The van der Waals surface area contributed by atoms with Gasteiger partial charge in [0.1, 0.15) is 23.4 Å². The van der Waals surface area contributed by atoms with Gasteiger partial charge in [-0.3, -0.25) is 4.90 Å². The fourth-order valence-electron chi connectivity index (χ4n) is 5.02. The third kappa shape index (κ3) is 4.35. The number of nitrogens with zero attached hydrogens (tertiary/aromatic N) is 7. The molecule has 37 heavy (non-hydrogen) atoms. The molecule has 0 unspecified atom stereocenters. The van der Waals surface area contributed by atoms with Crippen LogP contribution in [-0.4, -0.2) is 92.3 Å². The van der Waals surface area contributed by atoms with Crippen LogP contribution in [0, 0.1) is 5.82 Å². The number of alkyl halides is 2. The SMILES string of the molecule is COc1nc(N[C@H]2CCN(C3COC3)C[C@H]2F)nn2cc(F)c(-c3ccc4nnn(C[C@H](C)F)c4c3)c12. The zero-order chi connectivity index (χ0) is 25.7. The largest absolute Gasteiger partial charge is 0.479 e. The number of ether oxygens (including phenoxy) is 2. The smallest absolute Gasteiger partial charge is 0.244 e. The number of halogens is 3. The van der Waals surface area contributed by atoms with Gasteiger partial charge in [0.25, 0.3) is 0 Å². The molecule has 4 aromatic rings. The van der Waals surface area contributed by atoms with Crippen LogP contribution in [0.2, 0.25) is 0 Å². The highest BCUT2D eigenvalue weighted by Gasteiger charge is 2.36. The van der Waals surface area contributed by atoms with Gasteiger partial charge in [0.2, 0.25) is 11.8 Å². The fourth-order valence-corrected chi connectivity index (χ4v) is 5.02. The zero-order valence-electron chi connectivity index (χ0n) is 20.4. The Labute approximate surface area is 210 Å². The first kappa shape index (κ1) is 23.9. The molecule has 6 rings (SSSR count). The van der Waals surface area contributed by atoms with E-state index in [1.54, 1.807) is 18.2 Å². The van der Waals surface area contributed by atoms with Crippen LogP contribution in [0.5, 0.6) is 5.88 Å². The van der Waals surface area contributed by atoms with Crippen LogP contribution in [0.4, 0.5) is 19.1 Å². The van der Waals surface area contributed by atoms with E-state index < -0.39 is 24.2 Å². The summed E-state index contributed by atoms with van der Waals surface area (Å²) in [5.41, 5.74) is 2.21. The Morgan fingerprint density at radius 2 is 2.14 bits per heavy atom. The van der Waals surface area contributed by atoms with Crippen LogP contribution in [0.25, 0.3) is 27.7 Å². The molecule has 13 heteroatoms. The summed E-state index contributed by atoms with van der Waals surface area (Å²) in [4.78, 5) is 6.53. The van der Waals surface area contributed by atoms with Gasteiger partial charge in [-0.2, -0.15) is 4.98 Å². The Kier molecular flexibility index (Phi) is 6.11. The molecule has 0 amide bonds. The van der Waals surface area contributed by atoms with Crippen molar-refractivity contribution in [2.45, 2.75) is 44.3 Å². The van der Waals surface area contributed by atoms with Crippen molar-refractivity contribution >= 4 is 22.5 Å². The van der Waals surface area contributed by atoms with Crippen LogP contribution in [-0.2, 0) is 11.3 Å². The van der Waals surface area contributed by atoms with E-state index in [0.29, 0.717) is 48.3 Å². The number of hydrogen-bond donors (Lipinski definition) is 1. The number of methoxy groups -OCH3 is 1. The van der Waals surface area contributed by atoms with E-state index in [0.717, 1.165) is 6.54 Å². The normalized spacial score (nSPS) is 21.9. The topological polar surface area (TPSA) is 94.6 Å². The lowest BCUT2D eigenvalue weighted by molar-refractivity contribution is -0.0794. The number of hydrogen-bond acceptors (Lipinski definition) is 8. The van der Waals surface area contributed by atoms with Crippen molar-refractivity contribution in [3.8, 4) is 17.0 Å². The second-order valence-corrected chi connectivity index (χ2v) is 9.59. The van der Waals surface area contributed by atoms with Crippen LogP contribution in [0.3, 0.4) is 0 Å².